The summed E-state index contributed by atoms with van der Waals surface area (Å²) in [5, 5.41) is 16.1. The highest BCUT2D eigenvalue weighted by molar-refractivity contribution is 7.89. The minimum absolute atomic E-state index is 0.0256. The smallest absolute Gasteiger partial charge is 0.255 e. The maximum absolute atomic E-state index is 13.4. The molecule has 0 aliphatic carbocycles. The lowest BCUT2D eigenvalue weighted by Gasteiger charge is -2.21. The van der Waals surface area contributed by atoms with Crippen LogP contribution in [0.2, 0.25) is 0 Å². The third kappa shape index (κ3) is 5.74. The Bertz CT molecular complexity index is 1620. The highest BCUT2D eigenvalue weighted by Gasteiger charge is 2.21. The second kappa shape index (κ2) is 10.9. The molecule has 1 atom stereocenters. The predicted molar refractivity (Wildman–Crippen MR) is 152 cm³/mol. The molecule has 0 heterocycles. The van der Waals surface area contributed by atoms with E-state index in [1.807, 2.05) is 25.1 Å². The average molecular weight is 528 g/mol. The molecule has 1 amide bonds. The number of anilines is 2. The molecule has 194 valence electrons. The monoisotopic (exact) mass is 527 g/mol. The molecule has 0 spiro atoms. The fourth-order valence-corrected chi connectivity index (χ4v) is 5.28. The first-order chi connectivity index (χ1) is 18.1. The topological polar surface area (TPSA) is 165 Å². The second-order valence-corrected chi connectivity index (χ2v) is 10.4. The number of benzene rings is 4. The Morgan fingerprint density at radius 2 is 1.66 bits per heavy atom. The lowest BCUT2D eigenvalue weighted by Crippen LogP contribution is -2.17. The van der Waals surface area contributed by atoms with Gasteiger partial charge in [0.05, 0.1) is 4.90 Å². The molecular weight excluding hydrogens is 498 g/mol. The van der Waals surface area contributed by atoms with Gasteiger partial charge >= 0.3 is 0 Å². The van der Waals surface area contributed by atoms with Crippen LogP contribution in [-0.4, -0.2) is 20.2 Å². The summed E-state index contributed by atoms with van der Waals surface area (Å²) in [6, 6.07) is 26.0. The molecule has 0 radical (unpaired) electrons. The van der Waals surface area contributed by atoms with Crippen molar-refractivity contribution in [2.24, 2.45) is 10.9 Å². The molecule has 4 aromatic rings. The maximum atomic E-state index is 13.4. The Labute approximate surface area is 222 Å². The molecule has 8 nitrogen and oxygen atoms in total. The highest BCUT2D eigenvalue weighted by Crippen LogP contribution is 2.33. The zero-order chi connectivity index (χ0) is 27.4. The summed E-state index contributed by atoms with van der Waals surface area (Å²) in [5.41, 5.74) is 16.8. The largest absolute Gasteiger partial charge is 0.399 e. The minimum atomic E-state index is -3.89. The number of hydrogen-bond acceptors (Lipinski definition) is 5. The number of carbonyl (C=O) groups is 1. The summed E-state index contributed by atoms with van der Waals surface area (Å²) >= 11 is 0. The Morgan fingerprint density at radius 3 is 2.32 bits per heavy atom. The van der Waals surface area contributed by atoms with Gasteiger partial charge in [0, 0.05) is 34.0 Å². The molecule has 4 aromatic carbocycles. The van der Waals surface area contributed by atoms with Crippen molar-refractivity contribution in [3.05, 3.63) is 113 Å². The molecule has 0 saturated carbocycles. The molecule has 0 aliphatic heterocycles. The van der Waals surface area contributed by atoms with Gasteiger partial charge < -0.3 is 16.8 Å². The molecular formula is C29H29N5O3S. The van der Waals surface area contributed by atoms with Gasteiger partial charge in [0.1, 0.15) is 5.84 Å². The first-order valence-electron chi connectivity index (χ1n) is 12.0. The van der Waals surface area contributed by atoms with Crippen LogP contribution in [-0.2, 0) is 10.0 Å². The van der Waals surface area contributed by atoms with Crippen molar-refractivity contribution in [1.82, 2.24) is 0 Å². The normalized spacial score (nSPS) is 12.1. The molecule has 0 fully saturated rings. The number of primary sulfonamides is 1. The number of rotatable bonds is 8. The van der Waals surface area contributed by atoms with E-state index in [0.717, 1.165) is 11.1 Å². The maximum Gasteiger partial charge on any atom is 0.255 e. The third-order valence-electron chi connectivity index (χ3n) is 6.35. The lowest BCUT2D eigenvalue weighted by molar-refractivity contribution is 0.102. The average Bonchev–Trinajstić information content (AvgIpc) is 2.89. The van der Waals surface area contributed by atoms with Crippen molar-refractivity contribution in [1.29, 1.82) is 5.41 Å². The third-order valence-corrected chi connectivity index (χ3v) is 7.32. The van der Waals surface area contributed by atoms with Crippen molar-refractivity contribution < 1.29 is 13.2 Å². The van der Waals surface area contributed by atoms with Gasteiger partial charge in [-0.2, -0.15) is 0 Å². The van der Waals surface area contributed by atoms with E-state index in [0.29, 0.717) is 40.0 Å². The van der Waals surface area contributed by atoms with Crippen molar-refractivity contribution >= 4 is 33.1 Å². The van der Waals surface area contributed by atoms with E-state index >= 15 is 0 Å². The SMILES string of the molecule is CCC(c1cccc(C(=N)N)c1)c1cc(N)ccc1C(=O)Nc1ccc(-c2ccccc2S(N)(=O)=O)cc1. The number of nitrogens with two attached hydrogens (primary N) is 3. The van der Waals surface area contributed by atoms with Crippen LogP contribution in [0.4, 0.5) is 11.4 Å². The minimum Gasteiger partial charge on any atom is -0.399 e. The summed E-state index contributed by atoms with van der Waals surface area (Å²) in [6.45, 7) is 2.02. The van der Waals surface area contributed by atoms with Gasteiger partial charge in [0.25, 0.3) is 5.91 Å². The zero-order valence-corrected chi connectivity index (χ0v) is 21.6. The number of amidine groups is 1. The first-order valence-corrected chi connectivity index (χ1v) is 13.5. The Kier molecular flexibility index (Phi) is 7.61. The summed E-state index contributed by atoms with van der Waals surface area (Å²) in [4.78, 5) is 13.4. The fourth-order valence-electron chi connectivity index (χ4n) is 4.52. The van der Waals surface area contributed by atoms with Gasteiger partial charge in [-0.3, -0.25) is 10.2 Å². The molecule has 0 saturated heterocycles. The van der Waals surface area contributed by atoms with Crippen LogP contribution in [0.3, 0.4) is 0 Å². The van der Waals surface area contributed by atoms with Crippen molar-refractivity contribution in [3.8, 4) is 11.1 Å². The van der Waals surface area contributed by atoms with Gasteiger partial charge in [-0.25, -0.2) is 13.6 Å². The molecule has 0 bridgehead atoms. The van der Waals surface area contributed by atoms with Crippen molar-refractivity contribution in [2.45, 2.75) is 24.2 Å². The summed E-state index contributed by atoms with van der Waals surface area (Å²) in [6.07, 6.45) is 0.698. The molecule has 0 aliphatic rings. The fraction of sp³-hybridized carbons (Fsp3) is 0.103. The number of nitrogen functional groups attached to an aromatic ring is 2. The van der Waals surface area contributed by atoms with Crippen LogP contribution >= 0.6 is 0 Å². The summed E-state index contributed by atoms with van der Waals surface area (Å²) in [7, 11) is -3.89. The van der Waals surface area contributed by atoms with Gasteiger partial charge in [-0.1, -0.05) is 55.5 Å². The molecule has 9 heteroatoms. The number of hydrogen-bond donors (Lipinski definition) is 5. The van der Waals surface area contributed by atoms with Crippen LogP contribution in [0.1, 0.15) is 46.3 Å². The molecule has 1 unspecified atom stereocenters. The van der Waals surface area contributed by atoms with Crippen LogP contribution in [0.15, 0.2) is 95.9 Å². The second-order valence-electron chi connectivity index (χ2n) is 8.92. The summed E-state index contributed by atoms with van der Waals surface area (Å²) < 4.78 is 24.0. The van der Waals surface area contributed by atoms with Crippen LogP contribution in [0, 0.1) is 5.41 Å². The van der Waals surface area contributed by atoms with Crippen LogP contribution < -0.4 is 21.9 Å². The highest BCUT2D eigenvalue weighted by atomic mass is 32.2. The number of sulfonamides is 1. The molecule has 8 N–H and O–H groups in total. The standard InChI is InChI=1S/C29H29N5O3S/c1-2-23(19-6-5-7-20(16-19)28(31)32)26-17-21(30)12-15-25(26)29(35)34-22-13-10-18(11-14-22)24-8-3-4-9-27(24)38(33,36)37/h3-17,23H,2,30H2,1H3,(H3,31,32)(H,34,35)(H2,33,36,37). The van der Waals surface area contributed by atoms with E-state index in [4.69, 9.17) is 22.0 Å². The van der Waals surface area contributed by atoms with E-state index < -0.39 is 10.0 Å². The van der Waals surface area contributed by atoms with Gasteiger partial charge in [0.2, 0.25) is 10.0 Å². The lowest BCUT2D eigenvalue weighted by atomic mass is 9.85. The Morgan fingerprint density at radius 1 is 0.947 bits per heavy atom. The quantitative estimate of drug-likeness (QED) is 0.127. The Hall–Kier alpha value is -4.47. The summed E-state index contributed by atoms with van der Waals surface area (Å²) in [5.74, 6) is -0.475. The van der Waals surface area contributed by atoms with E-state index in [9.17, 15) is 13.2 Å². The van der Waals surface area contributed by atoms with Crippen LogP contribution in [0.25, 0.3) is 11.1 Å². The molecule has 38 heavy (non-hydrogen) atoms. The van der Waals surface area contributed by atoms with Gasteiger partial charge in [-0.05, 0) is 65.6 Å². The van der Waals surface area contributed by atoms with E-state index in [1.165, 1.54) is 6.07 Å². The number of amides is 1. The Balaban J connectivity index is 1.64. The first kappa shape index (κ1) is 26.6. The van der Waals surface area contributed by atoms with Crippen LogP contribution in [0.5, 0.6) is 0 Å². The van der Waals surface area contributed by atoms with E-state index in [2.05, 4.69) is 5.32 Å². The van der Waals surface area contributed by atoms with Gasteiger partial charge in [-0.15, -0.1) is 0 Å². The van der Waals surface area contributed by atoms with E-state index in [1.54, 1.807) is 66.7 Å². The number of nitrogens with one attached hydrogen (secondary N) is 2. The molecule has 0 aromatic heterocycles. The number of carbonyl (C=O) groups excluding carboxylic acids is 1. The zero-order valence-electron chi connectivity index (χ0n) is 20.8. The van der Waals surface area contributed by atoms with E-state index in [-0.39, 0.29) is 22.6 Å². The van der Waals surface area contributed by atoms with Crippen molar-refractivity contribution in [3.63, 3.8) is 0 Å². The molecule has 4 rings (SSSR count). The predicted octanol–water partition coefficient (Wildman–Crippen LogP) is 4.66. The van der Waals surface area contributed by atoms with Gasteiger partial charge in [0.15, 0.2) is 0 Å². The van der Waals surface area contributed by atoms with Crippen molar-refractivity contribution in [2.75, 3.05) is 11.1 Å².